The van der Waals surface area contributed by atoms with Crippen LogP contribution < -0.4 is 0 Å². The molecule has 1 heterocycles. The molecule has 0 saturated heterocycles. The molecule has 0 aliphatic heterocycles. The van der Waals surface area contributed by atoms with E-state index >= 15 is 0 Å². The molecule has 2 rings (SSSR count). The van der Waals surface area contributed by atoms with Crippen LogP contribution in [-0.4, -0.2) is 31.6 Å². The van der Waals surface area contributed by atoms with E-state index in [2.05, 4.69) is 24.0 Å². The minimum atomic E-state index is -0.829. The zero-order valence-corrected chi connectivity index (χ0v) is 9.49. The summed E-state index contributed by atoms with van der Waals surface area (Å²) in [6, 6.07) is 0.420. The van der Waals surface area contributed by atoms with E-state index in [1.54, 1.807) is 6.33 Å². The molecule has 5 nitrogen and oxygen atoms in total. The van der Waals surface area contributed by atoms with Crippen LogP contribution >= 0.6 is 11.8 Å². The summed E-state index contributed by atoms with van der Waals surface area (Å²) < 4.78 is 1.98. The number of carboxylic acid groups (broad SMARTS) is 1. The summed E-state index contributed by atoms with van der Waals surface area (Å²) in [7, 11) is 0. The number of nitrogens with zero attached hydrogens (tertiary/aromatic N) is 3. The average Bonchev–Trinajstić information content (AvgIpc) is 2.62. The molecule has 0 spiro atoms. The highest BCUT2D eigenvalue weighted by atomic mass is 32.2. The van der Waals surface area contributed by atoms with Crippen molar-refractivity contribution in [3.63, 3.8) is 0 Å². The Bertz CT molecular complexity index is 388. The van der Waals surface area contributed by atoms with E-state index in [0.717, 1.165) is 6.42 Å². The van der Waals surface area contributed by atoms with Gasteiger partial charge in [-0.1, -0.05) is 25.6 Å². The fourth-order valence-corrected chi connectivity index (χ4v) is 2.27. The maximum atomic E-state index is 10.4. The molecule has 1 N–H and O–H groups in total. The molecule has 6 heteroatoms. The van der Waals surface area contributed by atoms with Crippen molar-refractivity contribution in [2.24, 2.45) is 5.41 Å². The van der Waals surface area contributed by atoms with Crippen LogP contribution in [0, 0.1) is 5.41 Å². The monoisotopic (exact) mass is 227 g/mol. The topological polar surface area (TPSA) is 68.0 Å². The second-order valence-electron chi connectivity index (χ2n) is 4.41. The summed E-state index contributed by atoms with van der Waals surface area (Å²) in [4.78, 5) is 10.4. The normalized spacial score (nSPS) is 22.7. The summed E-state index contributed by atoms with van der Waals surface area (Å²) in [5.41, 5.74) is 0.293. The van der Waals surface area contributed by atoms with Crippen molar-refractivity contribution in [3.8, 4) is 0 Å². The third kappa shape index (κ3) is 2.14. The maximum absolute atomic E-state index is 10.4. The van der Waals surface area contributed by atoms with Gasteiger partial charge in [0.05, 0.1) is 5.75 Å². The Balaban J connectivity index is 2.06. The number of thioether (sulfide) groups is 1. The number of aromatic nitrogens is 3. The number of carboxylic acids is 1. The van der Waals surface area contributed by atoms with Crippen LogP contribution in [0.3, 0.4) is 0 Å². The van der Waals surface area contributed by atoms with Crippen LogP contribution in [-0.2, 0) is 4.79 Å². The Morgan fingerprint density at radius 2 is 2.47 bits per heavy atom. The quantitative estimate of drug-likeness (QED) is 0.788. The summed E-state index contributed by atoms with van der Waals surface area (Å²) >= 11 is 1.22. The van der Waals surface area contributed by atoms with Gasteiger partial charge in [-0.15, -0.1) is 10.2 Å². The van der Waals surface area contributed by atoms with Gasteiger partial charge < -0.3 is 9.67 Å². The number of aliphatic carboxylic acids is 1. The van der Waals surface area contributed by atoms with E-state index in [4.69, 9.17) is 5.11 Å². The standard InChI is InChI=1S/C9H13N3O2S/c1-9(2)3-6(9)12-5-10-11-8(12)15-4-7(13)14/h5-6H,3-4H2,1-2H3,(H,13,14). The van der Waals surface area contributed by atoms with Gasteiger partial charge in [0.1, 0.15) is 6.33 Å². The molecule has 1 aromatic heterocycles. The number of carbonyl (C=O) groups is 1. The summed E-state index contributed by atoms with van der Waals surface area (Å²) in [6.07, 6.45) is 2.79. The molecule has 0 bridgehead atoms. The highest BCUT2D eigenvalue weighted by molar-refractivity contribution is 7.99. The first-order valence-electron chi connectivity index (χ1n) is 4.75. The van der Waals surface area contributed by atoms with Gasteiger partial charge in [-0.2, -0.15) is 0 Å². The van der Waals surface area contributed by atoms with Crippen LogP contribution in [0.2, 0.25) is 0 Å². The van der Waals surface area contributed by atoms with Crippen molar-refractivity contribution in [3.05, 3.63) is 6.33 Å². The lowest BCUT2D eigenvalue weighted by Crippen LogP contribution is -2.04. The Morgan fingerprint density at radius 1 is 1.80 bits per heavy atom. The first kappa shape index (κ1) is 10.5. The molecule has 1 aliphatic rings. The molecule has 1 atom stereocenters. The third-order valence-corrected chi connectivity index (χ3v) is 3.60. The van der Waals surface area contributed by atoms with Crippen LogP contribution in [0.1, 0.15) is 26.3 Å². The van der Waals surface area contributed by atoms with Gasteiger partial charge in [0, 0.05) is 6.04 Å². The Kier molecular flexibility index (Phi) is 2.46. The zero-order valence-electron chi connectivity index (χ0n) is 8.67. The Morgan fingerprint density at radius 3 is 3.00 bits per heavy atom. The van der Waals surface area contributed by atoms with Crippen LogP contribution in [0.4, 0.5) is 0 Å². The van der Waals surface area contributed by atoms with Gasteiger partial charge in [0.2, 0.25) is 0 Å². The van der Waals surface area contributed by atoms with Gasteiger partial charge in [-0.25, -0.2) is 0 Å². The van der Waals surface area contributed by atoms with E-state index in [0.29, 0.717) is 16.6 Å². The number of rotatable bonds is 4. The zero-order chi connectivity index (χ0) is 11.1. The maximum Gasteiger partial charge on any atom is 0.313 e. The van der Waals surface area contributed by atoms with E-state index in [1.807, 2.05) is 4.57 Å². The molecule has 0 aromatic carbocycles. The molecule has 1 saturated carbocycles. The summed E-state index contributed by atoms with van der Waals surface area (Å²) in [5, 5.41) is 17.0. The van der Waals surface area contributed by atoms with Crippen molar-refractivity contribution >= 4 is 17.7 Å². The fourth-order valence-electron chi connectivity index (χ4n) is 1.59. The highest BCUT2D eigenvalue weighted by Crippen LogP contribution is 2.56. The predicted molar refractivity (Wildman–Crippen MR) is 55.8 cm³/mol. The molecular formula is C9H13N3O2S. The Hall–Kier alpha value is -1.04. The molecule has 1 aromatic rings. The second kappa shape index (κ2) is 3.52. The smallest absolute Gasteiger partial charge is 0.313 e. The SMILES string of the molecule is CC1(C)CC1n1cnnc1SCC(=O)O. The van der Waals surface area contributed by atoms with E-state index < -0.39 is 5.97 Å². The minimum absolute atomic E-state index is 0.0336. The first-order valence-corrected chi connectivity index (χ1v) is 5.73. The molecular weight excluding hydrogens is 214 g/mol. The lowest BCUT2D eigenvalue weighted by Gasteiger charge is -2.06. The van der Waals surface area contributed by atoms with Gasteiger partial charge in [-0.3, -0.25) is 4.79 Å². The van der Waals surface area contributed by atoms with Crippen LogP contribution in [0.15, 0.2) is 11.5 Å². The highest BCUT2D eigenvalue weighted by Gasteiger charge is 2.48. The second-order valence-corrected chi connectivity index (χ2v) is 5.35. The van der Waals surface area contributed by atoms with Crippen molar-refractivity contribution in [1.29, 1.82) is 0 Å². The molecule has 1 aliphatic carbocycles. The lowest BCUT2D eigenvalue weighted by atomic mass is 10.2. The van der Waals surface area contributed by atoms with Gasteiger partial charge >= 0.3 is 5.97 Å². The van der Waals surface area contributed by atoms with Crippen LogP contribution in [0.25, 0.3) is 0 Å². The number of hydrogen-bond acceptors (Lipinski definition) is 4. The van der Waals surface area contributed by atoms with Gasteiger partial charge in [-0.05, 0) is 11.8 Å². The summed E-state index contributed by atoms with van der Waals surface area (Å²) in [5.74, 6) is -0.795. The van der Waals surface area contributed by atoms with E-state index in [-0.39, 0.29) is 5.75 Å². The number of hydrogen-bond donors (Lipinski definition) is 1. The molecule has 1 unspecified atom stereocenters. The summed E-state index contributed by atoms with van der Waals surface area (Å²) in [6.45, 7) is 4.37. The molecule has 0 radical (unpaired) electrons. The van der Waals surface area contributed by atoms with E-state index in [1.165, 1.54) is 11.8 Å². The Labute approximate surface area is 91.9 Å². The van der Waals surface area contributed by atoms with Crippen molar-refractivity contribution < 1.29 is 9.90 Å². The van der Waals surface area contributed by atoms with Gasteiger partial charge in [0.25, 0.3) is 0 Å². The average molecular weight is 227 g/mol. The molecule has 82 valence electrons. The first-order chi connectivity index (χ1) is 7.00. The molecule has 0 amide bonds. The van der Waals surface area contributed by atoms with E-state index in [9.17, 15) is 4.79 Å². The lowest BCUT2D eigenvalue weighted by molar-refractivity contribution is -0.133. The molecule has 1 fully saturated rings. The largest absolute Gasteiger partial charge is 0.481 e. The van der Waals surface area contributed by atoms with Gasteiger partial charge in [0.15, 0.2) is 5.16 Å². The predicted octanol–water partition coefficient (Wildman–Crippen LogP) is 1.43. The van der Waals surface area contributed by atoms with Crippen molar-refractivity contribution in [2.45, 2.75) is 31.5 Å². The van der Waals surface area contributed by atoms with Crippen molar-refractivity contribution in [2.75, 3.05) is 5.75 Å². The molecule has 15 heavy (non-hydrogen) atoms. The van der Waals surface area contributed by atoms with Crippen molar-refractivity contribution in [1.82, 2.24) is 14.8 Å². The third-order valence-electron chi connectivity index (χ3n) is 2.66. The van der Waals surface area contributed by atoms with Crippen LogP contribution in [0.5, 0.6) is 0 Å². The fraction of sp³-hybridized carbons (Fsp3) is 0.667. The minimum Gasteiger partial charge on any atom is -0.481 e.